The molecular weight excluding hydrogens is 332 g/mol. The smallest absolute Gasteiger partial charge is 0.228 e. The van der Waals surface area contributed by atoms with Gasteiger partial charge in [0.05, 0.1) is 23.3 Å². The van der Waals surface area contributed by atoms with Crippen molar-refractivity contribution in [1.29, 1.82) is 0 Å². The van der Waals surface area contributed by atoms with E-state index in [4.69, 9.17) is 0 Å². The maximum absolute atomic E-state index is 12.3. The molecule has 2 aromatic rings. The molecule has 0 saturated carbocycles. The minimum atomic E-state index is -3.20. The van der Waals surface area contributed by atoms with Gasteiger partial charge in [0.25, 0.3) is 0 Å². The standard InChI is InChI=1S/C15H20N4O4S/c1-4-18(15(20)7-9-24(3,22)23)14-11-19(16-12(14)2)13-6-5-8-17(21)10-13/h5-6,8,10-11H,4,7,9H2,1-3H3. The molecule has 0 saturated heterocycles. The van der Waals surface area contributed by atoms with Crippen LogP contribution in [0.2, 0.25) is 0 Å². The topological polar surface area (TPSA) is 99.2 Å². The predicted octanol–water partition coefficient (Wildman–Crippen LogP) is 0.602. The molecular formula is C15H20N4O4S. The van der Waals surface area contributed by atoms with Gasteiger partial charge in [0.1, 0.15) is 15.5 Å². The predicted molar refractivity (Wildman–Crippen MR) is 89.6 cm³/mol. The van der Waals surface area contributed by atoms with E-state index in [1.165, 1.54) is 22.0 Å². The third-order valence-electron chi connectivity index (χ3n) is 3.49. The summed E-state index contributed by atoms with van der Waals surface area (Å²) in [6.45, 7) is 3.96. The number of amides is 1. The minimum Gasteiger partial charge on any atom is -0.619 e. The summed E-state index contributed by atoms with van der Waals surface area (Å²) in [4.78, 5) is 13.8. The highest BCUT2D eigenvalue weighted by atomic mass is 32.2. The van der Waals surface area contributed by atoms with Crippen molar-refractivity contribution in [1.82, 2.24) is 9.78 Å². The number of carbonyl (C=O) groups excluding carboxylic acids is 1. The van der Waals surface area contributed by atoms with E-state index in [0.29, 0.717) is 28.3 Å². The molecule has 0 atom stereocenters. The second-order valence-corrected chi connectivity index (χ2v) is 7.74. The first-order chi connectivity index (χ1) is 11.2. The van der Waals surface area contributed by atoms with Gasteiger partial charge in [-0.15, -0.1) is 0 Å². The zero-order valence-electron chi connectivity index (χ0n) is 13.8. The Bertz CT molecular complexity index is 845. The summed E-state index contributed by atoms with van der Waals surface area (Å²) in [5.74, 6) is -0.470. The number of carbonyl (C=O) groups is 1. The first kappa shape index (κ1) is 17.9. The largest absolute Gasteiger partial charge is 0.619 e. The number of pyridine rings is 1. The lowest BCUT2D eigenvalue weighted by atomic mass is 10.3. The Balaban J connectivity index is 2.28. The second kappa shape index (κ2) is 7.00. The van der Waals surface area contributed by atoms with Crippen molar-refractivity contribution in [3.8, 4) is 5.69 Å². The molecule has 0 radical (unpaired) electrons. The van der Waals surface area contributed by atoms with Gasteiger partial charge in [-0.25, -0.2) is 13.1 Å². The number of hydrogen-bond donors (Lipinski definition) is 0. The quantitative estimate of drug-likeness (QED) is 0.560. The Morgan fingerprint density at radius 3 is 2.75 bits per heavy atom. The van der Waals surface area contributed by atoms with E-state index < -0.39 is 9.84 Å². The van der Waals surface area contributed by atoms with Crippen LogP contribution in [-0.2, 0) is 14.6 Å². The maximum atomic E-state index is 12.3. The summed E-state index contributed by atoms with van der Waals surface area (Å²) >= 11 is 0. The van der Waals surface area contributed by atoms with Crippen molar-refractivity contribution in [3.63, 3.8) is 0 Å². The molecule has 0 spiro atoms. The van der Waals surface area contributed by atoms with Crippen LogP contribution in [-0.4, -0.2) is 42.7 Å². The highest BCUT2D eigenvalue weighted by Crippen LogP contribution is 2.21. The molecule has 0 aromatic carbocycles. The number of anilines is 1. The van der Waals surface area contributed by atoms with Crippen molar-refractivity contribution in [2.45, 2.75) is 20.3 Å². The van der Waals surface area contributed by atoms with E-state index in [2.05, 4.69) is 5.10 Å². The van der Waals surface area contributed by atoms with E-state index >= 15 is 0 Å². The van der Waals surface area contributed by atoms with Crippen molar-refractivity contribution in [2.24, 2.45) is 0 Å². The minimum absolute atomic E-state index is 0.0802. The van der Waals surface area contributed by atoms with E-state index in [0.717, 1.165) is 6.26 Å². The third kappa shape index (κ3) is 4.31. The lowest BCUT2D eigenvalue weighted by molar-refractivity contribution is -0.605. The molecule has 0 aliphatic carbocycles. The van der Waals surface area contributed by atoms with Crippen molar-refractivity contribution in [2.75, 3.05) is 23.5 Å². The van der Waals surface area contributed by atoms with Crippen LogP contribution in [0.15, 0.2) is 30.7 Å². The van der Waals surface area contributed by atoms with Crippen LogP contribution < -0.4 is 9.63 Å². The van der Waals surface area contributed by atoms with Gasteiger partial charge < -0.3 is 10.1 Å². The van der Waals surface area contributed by atoms with Crippen LogP contribution in [0.5, 0.6) is 0 Å². The zero-order valence-corrected chi connectivity index (χ0v) is 14.7. The van der Waals surface area contributed by atoms with Gasteiger partial charge in [0.2, 0.25) is 12.1 Å². The van der Waals surface area contributed by atoms with Gasteiger partial charge >= 0.3 is 0 Å². The summed E-state index contributed by atoms with van der Waals surface area (Å²) in [6.07, 6.45) is 5.43. The molecule has 8 nitrogen and oxygen atoms in total. The van der Waals surface area contributed by atoms with Crippen LogP contribution >= 0.6 is 0 Å². The first-order valence-electron chi connectivity index (χ1n) is 7.45. The molecule has 0 unspecified atom stereocenters. The average molecular weight is 352 g/mol. The molecule has 0 aliphatic heterocycles. The van der Waals surface area contributed by atoms with E-state index in [9.17, 15) is 18.4 Å². The highest BCUT2D eigenvalue weighted by molar-refractivity contribution is 7.90. The lowest BCUT2D eigenvalue weighted by Gasteiger charge is -2.19. The summed E-state index contributed by atoms with van der Waals surface area (Å²) in [7, 11) is -3.20. The fourth-order valence-electron chi connectivity index (χ4n) is 2.32. The molecule has 24 heavy (non-hydrogen) atoms. The van der Waals surface area contributed by atoms with E-state index in [1.807, 2.05) is 6.92 Å². The van der Waals surface area contributed by atoms with Gasteiger partial charge in [0.15, 0.2) is 6.20 Å². The van der Waals surface area contributed by atoms with Gasteiger partial charge in [0, 0.05) is 25.3 Å². The number of nitrogens with zero attached hydrogens (tertiary/aromatic N) is 4. The molecule has 0 N–H and O–H groups in total. The van der Waals surface area contributed by atoms with Crippen LogP contribution in [0.3, 0.4) is 0 Å². The maximum Gasteiger partial charge on any atom is 0.228 e. The second-order valence-electron chi connectivity index (χ2n) is 5.48. The summed E-state index contributed by atoms with van der Waals surface area (Å²) in [6, 6.07) is 3.33. The molecule has 2 aromatic heterocycles. The number of aromatic nitrogens is 3. The third-order valence-corrected chi connectivity index (χ3v) is 4.44. The molecule has 2 heterocycles. The SMILES string of the molecule is CCN(C(=O)CCS(C)(=O)=O)c1cn(-c2ccc[n+]([O-])c2)nc1C. The summed E-state index contributed by atoms with van der Waals surface area (Å²) in [5.41, 5.74) is 1.78. The van der Waals surface area contributed by atoms with Crippen LogP contribution in [0.25, 0.3) is 5.69 Å². The Labute approximate surface area is 140 Å². The number of aryl methyl sites for hydroxylation is 1. The number of rotatable bonds is 6. The Morgan fingerprint density at radius 2 is 2.17 bits per heavy atom. The Morgan fingerprint density at radius 1 is 1.46 bits per heavy atom. The van der Waals surface area contributed by atoms with Gasteiger partial charge in [-0.2, -0.15) is 9.83 Å². The van der Waals surface area contributed by atoms with E-state index in [-0.39, 0.29) is 18.1 Å². The fraction of sp³-hybridized carbons (Fsp3) is 0.400. The monoisotopic (exact) mass is 352 g/mol. The van der Waals surface area contributed by atoms with Crippen molar-refractivity contribution >= 4 is 21.4 Å². The molecule has 1 amide bonds. The lowest BCUT2D eigenvalue weighted by Crippen LogP contribution is -2.32. The number of hydrogen-bond acceptors (Lipinski definition) is 5. The van der Waals surface area contributed by atoms with Gasteiger partial charge in [-0.3, -0.25) is 4.79 Å². The van der Waals surface area contributed by atoms with Gasteiger partial charge in [-0.1, -0.05) is 0 Å². The van der Waals surface area contributed by atoms with Gasteiger partial charge in [-0.05, 0) is 19.9 Å². The molecule has 0 fully saturated rings. The van der Waals surface area contributed by atoms with Crippen molar-refractivity contribution < 1.29 is 17.9 Å². The molecule has 0 bridgehead atoms. The van der Waals surface area contributed by atoms with Crippen LogP contribution in [0.1, 0.15) is 19.0 Å². The van der Waals surface area contributed by atoms with Crippen molar-refractivity contribution in [3.05, 3.63) is 41.6 Å². The molecule has 130 valence electrons. The fourth-order valence-corrected chi connectivity index (χ4v) is 2.86. The first-order valence-corrected chi connectivity index (χ1v) is 9.51. The normalized spacial score (nSPS) is 11.5. The Kier molecular flexibility index (Phi) is 5.23. The van der Waals surface area contributed by atoms with Crippen LogP contribution in [0.4, 0.5) is 5.69 Å². The molecule has 0 aliphatic rings. The average Bonchev–Trinajstić information content (AvgIpc) is 2.87. The summed E-state index contributed by atoms with van der Waals surface area (Å²) < 4.78 is 24.7. The Hall–Kier alpha value is -2.42. The van der Waals surface area contributed by atoms with E-state index in [1.54, 1.807) is 25.3 Å². The summed E-state index contributed by atoms with van der Waals surface area (Å²) in [5, 5.41) is 15.7. The molecule has 2 rings (SSSR count). The number of sulfone groups is 1. The van der Waals surface area contributed by atoms with Crippen LogP contribution in [0, 0.1) is 12.1 Å². The zero-order chi connectivity index (χ0) is 17.9. The highest BCUT2D eigenvalue weighted by Gasteiger charge is 2.20. The molecule has 9 heteroatoms.